The third-order valence-corrected chi connectivity index (χ3v) is 2.64. The number of carboxylic acid groups (broad SMARTS) is 1. The first kappa shape index (κ1) is 14.8. The average Bonchev–Trinajstić information content (AvgIpc) is 2.29. The van der Waals surface area contributed by atoms with Crippen molar-refractivity contribution in [3.63, 3.8) is 0 Å². The summed E-state index contributed by atoms with van der Waals surface area (Å²) >= 11 is 0. The highest BCUT2D eigenvalue weighted by Crippen LogP contribution is 2.18. The molecule has 6 nitrogen and oxygen atoms in total. The Morgan fingerprint density at radius 1 is 1.42 bits per heavy atom. The van der Waals surface area contributed by atoms with E-state index in [9.17, 15) is 9.59 Å². The van der Waals surface area contributed by atoms with Gasteiger partial charge in [0.15, 0.2) is 0 Å². The minimum Gasteiger partial charge on any atom is -0.493 e. The topological polar surface area (TPSA) is 102 Å². The first-order valence-corrected chi connectivity index (χ1v) is 5.89. The maximum Gasteiger partial charge on any atom is 0.405 e. The van der Waals surface area contributed by atoms with Crippen molar-refractivity contribution < 1.29 is 19.4 Å². The van der Waals surface area contributed by atoms with Crippen molar-refractivity contribution in [3.05, 3.63) is 29.3 Å². The number of aryl methyl sites for hydroxylation is 2. The molecular formula is C13H18N2O4. The van der Waals surface area contributed by atoms with Crippen LogP contribution in [0.15, 0.2) is 18.2 Å². The highest BCUT2D eigenvalue weighted by Gasteiger charge is 2.17. The molecule has 0 fully saturated rings. The van der Waals surface area contributed by atoms with Crippen molar-refractivity contribution in [2.24, 2.45) is 5.73 Å². The van der Waals surface area contributed by atoms with Gasteiger partial charge in [0, 0.05) is 6.42 Å². The fourth-order valence-electron chi connectivity index (χ4n) is 1.68. The van der Waals surface area contributed by atoms with Crippen LogP contribution in [0, 0.1) is 13.8 Å². The normalized spacial score (nSPS) is 11.7. The van der Waals surface area contributed by atoms with Crippen LogP contribution in [0.3, 0.4) is 0 Å². The Bertz CT molecular complexity index is 474. The quantitative estimate of drug-likeness (QED) is 0.719. The molecular weight excluding hydrogens is 248 g/mol. The number of amides is 2. The number of nitrogens with two attached hydrogens (primary N) is 1. The first-order chi connectivity index (χ1) is 8.90. The molecule has 0 aromatic heterocycles. The van der Waals surface area contributed by atoms with E-state index in [-0.39, 0.29) is 13.0 Å². The second-order valence-electron chi connectivity index (χ2n) is 4.31. The van der Waals surface area contributed by atoms with Gasteiger partial charge < -0.3 is 20.9 Å². The third kappa shape index (κ3) is 4.87. The molecule has 1 rings (SSSR count). The smallest absolute Gasteiger partial charge is 0.405 e. The van der Waals surface area contributed by atoms with Gasteiger partial charge >= 0.3 is 6.09 Å². The van der Waals surface area contributed by atoms with E-state index >= 15 is 0 Å². The summed E-state index contributed by atoms with van der Waals surface area (Å²) in [6, 6.07) is 4.80. The molecule has 1 aromatic carbocycles. The molecule has 104 valence electrons. The molecule has 19 heavy (non-hydrogen) atoms. The van der Waals surface area contributed by atoms with Crippen LogP contribution in [0.2, 0.25) is 0 Å². The lowest BCUT2D eigenvalue weighted by molar-refractivity contribution is -0.120. The SMILES string of the molecule is Cc1ccc(OCCC(NC(=O)O)C(N)=O)c(C)c1. The molecule has 0 aliphatic heterocycles. The summed E-state index contributed by atoms with van der Waals surface area (Å²) in [6.45, 7) is 4.11. The largest absolute Gasteiger partial charge is 0.493 e. The Labute approximate surface area is 111 Å². The van der Waals surface area contributed by atoms with Crippen LogP contribution < -0.4 is 15.8 Å². The molecule has 6 heteroatoms. The highest BCUT2D eigenvalue weighted by molar-refractivity contribution is 5.83. The lowest BCUT2D eigenvalue weighted by Crippen LogP contribution is -2.44. The fourth-order valence-corrected chi connectivity index (χ4v) is 1.68. The predicted octanol–water partition coefficient (Wildman–Crippen LogP) is 1.19. The van der Waals surface area contributed by atoms with Crippen LogP contribution in [-0.4, -0.2) is 29.8 Å². The monoisotopic (exact) mass is 266 g/mol. The zero-order chi connectivity index (χ0) is 14.4. The van der Waals surface area contributed by atoms with Crippen molar-refractivity contribution in [1.29, 1.82) is 0 Å². The van der Waals surface area contributed by atoms with Gasteiger partial charge in [0.05, 0.1) is 6.61 Å². The molecule has 0 heterocycles. The maximum atomic E-state index is 11.0. The van der Waals surface area contributed by atoms with E-state index in [0.29, 0.717) is 5.75 Å². The van der Waals surface area contributed by atoms with Crippen LogP contribution in [0.4, 0.5) is 4.79 Å². The van der Waals surface area contributed by atoms with Gasteiger partial charge in [0.2, 0.25) is 5.91 Å². The maximum absolute atomic E-state index is 11.0. The number of carbonyl (C=O) groups is 2. The van der Waals surface area contributed by atoms with E-state index in [1.807, 2.05) is 32.0 Å². The summed E-state index contributed by atoms with van der Waals surface area (Å²) in [4.78, 5) is 21.5. The minimum atomic E-state index is -1.28. The minimum absolute atomic E-state index is 0.189. The van der Waals surface area contributed by atoms with E-state index in [4.69, 9.17) is 15.6 Å². The van der Waals surface area contributed by atoms with Gasteiger partial charge in [0.1, 0.15) is 11.8 Å². The lowest BCUT2D eigenvalue weighted by atomic mass is 10.1. The van der Waals surface area contributed by atoms with Crippen LogP contribution in [0.1, 0.15) is 17.5 Å². The number of ether oxygens (including phenoxy) is 1. The highest BCUT2D eigenvalue weighted by atomic mass is 16.5. The Kier molecular flexibility index (Phi) is 5.17. The summed E-state index contributed by atoms with van der Waals surface area (Å²) in [7, 11) is 0. The standard InChI is InChI=1S/C13H18N2O4/c1-8-3-4-11(9(2)7-8)19-6-5-10(12(14)16)15-13(17)18/h3-4,7,10,15H,5-6H2,1-2H3,(H2,14,16)(H,17,18). The number of hydrogen-bond donors (Lipinski definition) is 3. The summed E-state index contributed by atoms with van der Waals surface area (Å²) in [5.41, 5.74) is 7.21. The summed E-state index contributed by atoms with van der Waals surface area (Å²) < 4.78 is 5.51. The predicted molar refractivity (Wildman–Crippen MR) is 70.2 cm³/mol. The fraction of sp³-hybridized carbons (Fsp3) is 0.385. The van der Waals surface area contributed by atoms with Crippen molar-refractivity contribution in [2.75, 3.05) is 6.61 Å². The van der Waals surface area contributed by atoms with Crippen LogP contribution >= 0.6 is 0 Å². The molecule has 1 atom stereocenters. The number of primary amides is 1. The van der Waals surface area contributed by atoms with E-state index in [1.165, 1.54) is 0 Å². The molecule has 2 amide bonds. The summed E-state index contributed by atoms with van der Waals surface area (Å²) in [5, 5.41) is 10.6. The van der Waals surface area contributed by atoms with E-state index in [2.05, 4.69) is 5.32 Å². The molecule has 1 aromatic rings. The zero-order valence-electron chi connectivity index (χ0n) is 11.0. The second-order valence-corrected chi connectivity index (χ2v) is 4.31. The lowest BCUT2D eigenvalue weighted by Gasteiger charge is -2.14. The van der Waals surface area contributed by atoms with Crippen LogP contribution in [0.5, 0.6) is 5.75 Å². The van der Waals surface area contributed by atoms with Gasteiger partial charge in [-0.15, -0.1) is 0 Å². The zero-order valence-corrected chi connectivity index (χ0v) is 11.0. The van der Waals surface area contributed by atoms with Crippen LogP contribution in [0.25, 0.3) is 0 Å². The van der Waals surface area contributed by atoms with Gasteiger partial charge in [0.25, 0.3) is 0 Å². The number of hydrogen-bond acceptors (Lipinski definition) is 3. The Balaban J connectivity index is 2.52. The molecule has 4 N–H and O–H groups in total. The molecule has 0 aliphatic carbocycles. The van der Waals surface area contributed by atoms with Gasteiger partial charge in [-0.05, 0) is 25.5 Å². The Morgan fingerprint density at radius 3 is 2.63 bits per heavy atom. The van der Waals surface area contributed by atoms with Crippen molar-refractivity contribution in [1.82, 2.24) is 5.32 Å². The molecule has 0 spiro atoms. The molecule has 0 radical (unpaired) electrons. The van der Waals surface area contributed by atoms with Gasteiger partial charge in [-0.2, -0.15) is 0 Å². The van der Waals surface area contributed by atoms with Gasteiger partial charge in [-0.1, -0.05) is 17.7 Å². The second kappa shape index (κ2) is 6.63. The average molecular weight is 266 g/mol. The third-order valence-electron chi connectivity index (χ3n) is 2.64. The number of rotatable bonds is 6. The number of carbonyl (C=O) groups excluding carboxylic acids is 1. The Hall–Kier alpha value is -2.24. The molecule has 0 saturated carbocycles. The number of benzene rings is 1. The summed E-state index contributed by atoms with van der Waals surface area (Å²) in [6.07, 6.45) is -1.09. The molecule has 0 bridgehead atoms. The van der Waals surface area contributed by atoms with Crippen molar-refractivity contribution >= 4 is 12.0 Å². The molecule has 0 aliphatic rings. The molecule has 1 unspecified atom stereocenters. The van der Waals surface area contributed by atoms with Gasteiger partial charge in [-0.25, -0.2) is 4.79 Å². The van der Waals surface area contributed by atoms with Crippen molar-refractivity contribution in [3.8, 4) is 5.75 Å². The first-order valence-electron chi connectivity index (χ1n) is 5.89. The van der Waals surface area contributed by atoms with E-state index in [1.54, 1.807) is 0 Å². The Morgan fingerprint density at radius 2 is 2.11 bits per heavy atom. The van der Waals surface area contributed by atoms with Gasteiger partial charge in [-0.3, -0.25) is 4.79 Å². The van der Waals surface area contributed by atoms with E-state index < -0.39 is 18.0 Å². The van der Waals surface area contributed by atoms with Crippen molar-refractivity contribution in [2.45, 2.75) is 26.3 Å². The van der Waals surface area contributed by atoms with E-state index in [0.717, 1.165) is 11.1 Å². The van der Waals surface area contributed by atoms with Crippen LogP contribution in [-0.2, 0) is 4.79 Å². The summed E-state index contributed by atoms with van der Waals surface area (Å²) in [5.74, 6) is -0.00391. The number of nitrogens with one attached hydrogen (secondary N) is 1. The molecule has 0 saturated heterocycles.